The van der Waals surface area contributed by atoms with Gasteiger partial charge in [-0.2, -0.15) is 0 Å². The SMILES string of the molecule is COc1cc2ncnc(N(c3ccc(F)c(C)c3)C(C)(C)C)c2cc1OCCCN1CCOCC1. The molecule has 0 atom stereocenters. The topological polar surface area (TPSA) is 60.0 Å². The van der Waals surface area contributed by atoms with Crippen molar-refractivity contribution in [2.75, 3.05) is 51.5 Å². The lowest BCUT2D eigenvalue weighted by molar-refractivity contribution is 0.0357. The maximum atomic E-state index is 14.0. The molecular weight excluding hydrogens is 447 g/mol. The molecule has 0 spiro atoms. The highest BCUT2D eigenvalue weighted by molar-refractivity contribution is 5.94. The Balaban J connectivity index is 1.66. The Morgan fingerprint density at radius 1 is 1.09 bits per heavy atom. The van der Waals surface area contributed by atoms with Gasteiger partial charge in [-0.3, -0.25) is 4.90 Å². The van der Waals surface area contributed by atoms with E-state index in [4.69, 9.17) is 14.2 Å². The third-order valence-corrected chi connectivity index (χ3v) is 6.16. The minimum absolute atomic E-state index is 0.229. The van der Waals surface area contributed by atoms with Crippen LogP contribution in [0.2, 0.25) is 0 Å². The van der Waals surface area contributed by atoms with Crippen LogP contribution in [0.4, 0.5) is 15.9 Å². The molecule has 3 aromatic rings. The Bertz CT molecular complexity index is 1160. The molecular formula is C27H35FN4O3. The van der Waals surface area contributed by atoms with Crippen LogP contribution in [0.15, 0.2) is 36.7 Å². The summed E-state index contributed by atoms with van der Waals surface area (Å²) in [6, 6.07) is 8.97. The fourth-order valence-electron chi connectivity index (χ4n) is 4.39. The zero-order valence-electron chi connectivity index (χ0n) is 21.3. The molecule has 1 aliphatic heterocycles. The van der Waals surface area contributed by atoms with Crippen molar-refractivity contribution in [3.05, 3.63) is 48.0 Å². The first-order valence-corrected chi connectivity index (χ1v) is 12.1. The lowest BCUT2D eigenvalue weighted by Crippen LogP contribution is -2.38. The summed E-state index contributed by atoms with van der Waals surface area (Å²) in [4.78, 5) is 13.7. The van der Waals surface area contributed by atoms with Crippen molar-refractivity contribution in [3.8, 4) is 11.5 Å². The number of aromatic nitrogens is 2. The first-order valence-electron chi connectivity index (χ1n) is 12.1. The second kappa shape index (κ2) is 10.7. The second-order valence-corrected chi connectivity index (χ2v) is 9.81. The molecule has 0 radical (unpaired) electrons. The van der Waals surface area contributed by atoms with E-state index >= 15 is 0 Å². The summed E-state index contributed by atoms with van der Waals surface area (Å²) in [5.74, 6) is 1.79. The molecule has 1 saturated heterocycles. The molecule has 35 heavy (non-hydrogen) atoms. The van der Waals surface area contributed by atoms with E-state index in [0.29, 0.717) is 23.7 Å². The smallest absolute Gasteiger partial charge is 0.162 e. The normalized spacial score (nSPS) is 14.8. The van der Waals surface area contributed by atoms with E-state index in [9.17, 15) is 4.39 Å². The van der Waals surface area contributed by atoms with Gasteiger partial charge in [0.25, 0.3) is 0 Å². The van der Waals surface area contributed by atoms with Crippen LogP contribution in [-0.4, -0.2) is 67.0 Å². The summed E-state index contributed by atoms with van der Waals surface area (Å²) < 4.78 is 31.2. The van der Waals surface area contributed by atoms with Crippen LogP contribution in [-0.2, 0) is 4.74 Å². The van der Waals surface area contributed by atoms with E-state index in [1.54, 1.807) is 26.4 Å². The minimum atomic E-state index is -0.329. The monoisotopic (exact) mass is 482 g/mol. The first kappa shape index (κ1) is 25.1. The maximum Gasteiger partial charge on any atom is 0.162 e. The predicted molar refractivity (Wildman–Crippen MR) is 136 cm³/mol. The number of anilines is 2. The number of hydrogen-bond donors (Lipinski definition) is 0. The van der Waals surface area contributed by atoms with Crippen molar-refractivity contribution in [1.29, 1.82) is 0 Å². The Labute approximate surface area is 206 Å². The van der Waals surface area contributed by atoms with E-state index in [2.05, 4.69) is 40.5 Å². The van der Waals surface area contributed by atoms with Gasteiger partial charge in [-0.05, 0) is 63.9 Å². The van der Waals surface area contributed by atoms with Gasteiger partial charge >= 0.3 is 0 Å². The summed E-state index contributed by atoms with van der Waals surface area (Å²) in [7, 11) is 1.63. The highest BCUT2D eigenvalue weighted by Gasteiger charge is 2.27. The molecule has 2 aromatic carbocycles. The van der Waals surface area contributed by atoms with E-state index in [0.717, 1.165) is 61.7 Å². The molecule has 8 heteroatoms. The molecule has 0 unspecified atom stereocenters. The highest BCUT2D eigenvalue weighted by Crippen LogP contribution is 2.40. The predicted octanol–water partition coefficient (Wildman–Crippen LogP) is 5.12. The summed E-state index contributed by atoms with van der Waals surface area (Å²) >= 11 is 0. The van der Waals surface area contributed by atoms with Crippen LogP contribution < -0.4 is 14.4 Å². The molecule has 0 bridgehead atoms. The quantitative estimate of drug-likeness (QED) is 0.413. The Morgan fingerprint density at radius 3 is 2.54 bits per heavy atom. The number of ether oxygens (including phenoxy) is 3. The van der Waals surface area contributed by atoms with Gasteiger partial charge in [-0.15, -0.1) is 0 Å². The minimum Gasteiger partial charge on any atom is -0.493 e. The zero-order valence-corrected chi connectivity index (χ0v) is 21.3. The Hall–Kier alpha value is -2.97. The fourth-order valence-corrected chi connectivity index (χ4v) is 4.39. The van der Waals surface area contributed by atoms with Gasteiger partial charge in [-0.25, -0.2) is 14.4 Å². The number of aryl methyl sites for hydroxylation is 1. The maximum absolute atomic E-state index is 14.0. The zero-order chi connectivity index (χ0) is 25.0. The average Bonchev–Trinajstić information content (AvgIpc) is 2.83. The number of rotatable bonds is 8. The van der Waals surface area contributed by atoms with E-state index in [1.165, 1.54) is 6.07 Å². The van der Waals surface area contributed by atoms with Crippen molar-refractivity contribution in [2.45, 2.75) is 39.7 Å². The molecule has 2 heterocycles. The molecule has 1 aliphatic rings. The number of nitrogens with zero attached hydrogens (tertiary/aromatic N) is 4. The number of hydrogen-bond acceptors (Lipinski definition) is 7. The molecule has 0 aliphatic carbocycles. The Kier molecular flexibility index (Phi) is 7.72. The standard InChI is InChI=1S/C27H35FN4O3/c1-19-15-20(7-8-22(19)28)32(27(2,3)4)26-21-16-25(24(33-5)17-23(21)29-18-30-26)35-12-6-9-31-10-13-34-14-11-31/h7-8,15-18H,6,9-14H2,1-5H3. The van der Waals surface area contributed by atoms with Crippen LogP contribution in [0, 0.1) is 12.7 Å². The number of halogens is 1. The molecule has 188 valence electrons. The third-order valence-electron chi connectivity index (χ3n) is 6.16. The van der Waals surface area contributed by atoms with Crippen molar-refractivity contribution < 1.29 is 18.6 Å². The third kappa shape index (κ3) is 5.82. The molecule has 0 amide bonds. The van der Waals surface area contributed by atoms with Crippen LogP contribution in [0.25, 0.3) is 10.9 Å². The van der Waals surface area contributed by atoms with Crippen LogP contribution >= 0.6 is 0 Å². The summed E-state index contributed by atoms with van der Waals surface area (Å²) in [5, 5.41) is 0.841. The summed E-state index contributed by atoms with van der Waals surface area (Å²) in [5.41, 5.74) is 1.87. The van der Waals surface area contributed by atoms with Gasteiger partial charge < -0.3 is 19.1 Å². The van der Waals surface area contributed by atoms with Crippen LogP contribution in [0.3, 0.4) is 0 Å². The van der Waals surface area contributed by atoms with E-state index < -0.39 is 0 Å². The lowest BCUT2D eigenvalue weighted by atomic mass is 10.0. The number of morpholine rings is 1. The van der Waals surface area contributed by atoms with Crippen molar-refractivity contribution in [3.63, 3.8) is 0 Å². The molecule has 7 nitrogen and oxygen atoms in total. The van der Waals surface area contributed by atoms with Gasteiger partial charge in [0.2, 0.25) is 0 Å². The highest BCUT2D eigenvalue weighted by atomic mass is 19.1. The Morgan fingerprint density at radius 2 is 1.86 bits per heavy atom. The number of benzene rings is 2. The average molecular weight is 483 g/mol. The van der Waals surface area contributed by atoms with Gasteiger partial charge in [0.05, 0.1) is 32.4 Å². The largest absolute Gasteiger partial charge is 0.493 e. The van der Waals surface area contributed by atoms with Crippen molar-refractivity contribution >= 4 is 22.4 Å². The second-order valence-electron chi connectivity index (χ2n) is 9.81. The van der Waals surface area contributed by atoms with Gasteiger partial charge in [0, 0.05) is 42.3 Å². The molecule has 1 aromatic heterocycles. The molecule has 4 rings (SSSR count). The number of fused-ring (bicyclic) bond motifs is 1. The molecule has 0 N–H and O–H groups in total. The number of methoxy groups -OCH3 is 1. The first-order chi connectivity index (χ1) is 16.8. The fraction of sp³-hybridized carbons (Fsp3) is 0.481. The van der Waals surface area contributed by atoms with Crippen LogP contribution in [0.5, 0.6) is 11.5 Å². The van der Waals surface area contributed by atoms with Crippen molar-refractivity contribution in [2.24, 2.45) is 0 Å². The summed E-state index contributed by atoms with van der Waals surface area (Å²) in [6.07, 6.45) is 2.46. The van der Waals surface area contributed by atoms with Crippen LogP contribution in [0.1, 0.15) is 32.8 Å². The van der Waals surface area contributed by atoms with Gasteiger partial charge in [0.15, 0.2) is 11.5 Å². The summed E-state index contributed by atoms with van der Waals surface area (Å²) in [6.45, 7) is 13.1. The van der Waals surface area contributed by atoms with Crippen molar-refractivity contribution in [1.82, 2.24) is 14.9 Å². The van der Waals surface area contributed by atoms with Gasteiger partial charge in [0.1, 0.15) is 18.0 Å². The molecule has 1 fully saturated rings. The molecule has 0 saturated carbocycles. The van der Waals surface area contributed by atoms with E-state index in [-0.39, 0.29) is 11.4 Å². The van der Waals surface area contributed by atoms with Gasteiger partial charge in [-0.1, -0.05) is 0 Å². The lowest BCUT2D eigenvalue weighted by Gasteiger charge is -2.37. The van der Waals surface area contributed by atoms with E-state index in [1.807, 2.05) is 18.2 Å².